The van der Waals surface area contributed by atoms with Crippen LogP contribution in [0.1, 0.15) is 70.9 Å². The van der Waals surface area contributed by atoms with Crippen LogP contribution in [0, 0.1) is 11.8 Å². The molecule has 2 aliphatic heterocycles. The molecule has 184 valence electrons. The Balaban J connectivity index is 1.54. The number of likely N-dealkylation sites (tertiary alicyclic amines) is 1. The highest BCUT2D eigenvalue weighted by molar-refractivity contribution is 6.30. The Morgan fingerprint density at radius 1 is 0.943 bits per heavy atom. The van der Waals surface area contributed by atoms with Crippen LogP contribution in [0.5, 0.6) is 0 Å². The zero-order valence-electron chi connectivity index (χ0n) is 20.9. The average Bonchev–Trinajstić information content (AvgIpc) is 3.08. The van der Waals surface area contributed by atoms with E-state index >= 15 is 0 Å². The molecule has 6 heteroatoms. The SMILES string of the molecule is C[C@H](C(=O)N1c2ccccc2[C@@](C)(c2ccc(Cl)cc2)CC1(C)C)N1C(=O)[C@H]2CCCC[C@H]2C1=O. The van der Waals surface area contributed by atoms with Gasteiger partial charge in [-0.15, -0.1) is 0 Å². The van der Waals surface area contributed by atoms with Crippen molar-refractivity contribution < 1.29 is 14.4 Å². The summed E-state index contributed by atoms with van der Waals surface area (Å²) >= 11 is 6.17. The summed E-state index contributed by atoms with van der Waals surface area (Å²) in [6.07, 6.45) is 4.09. The van der Waals surface area contributed by atoms with E-state index in [0.717, 1.165) is 42.5 Å². The van der Waals surface area contributed by atoms with Gasteiger partial charge in [-0.25, -0.2) is 0 Å². The minimum atomic E-state index is -0.840. The number of hydrogen-bond donors (Lipinski definition) is 0. The lowest BCUT2D eigenvalue weighted by Gasteiger charge is -2.52. The van der Waals surface area contributed by atoms with Crippen molar-refractivity contribution in [2.24, 2.45) is 11.8 Å². The molecule has 0 bridgehead atoms. The number of fused-ring (bicyclic) bond motifs is 2. The molecule has 5 rings (SSSR count). The second-order valence-corrected chi connectivity index (χ2v) is 11.7. The van der Waals surface area contributed by atoms with Gasteiger partial charge >= 0.3 is 0 Å². The minimum absolute atomic E-state index is 0.172. The fourth-order valence-electron chi connectivity index (χ4n) is 6.86. The van der Waals surface area contributed by atoms with Gasteiger partial charge in [-0.3, -0.25) is 19.3 Å². The number of hydrogen-bond acceptors (Lipinski definition) is 3. The van der Waals surface area contributed by atoms with Crippen LogP contribution < -0.4 is 4.90 Å². The normalized spacial score (nSPS) is 28.5. The van der Waals surface area contributed by atoms with Gasteiger partial charge in [0.25, 0.3) is 5.91 Å². The van der Waals surface area contributed by atoms with Crippen molar-refractivity contribution in [3.8, 4) is 0 Å². The van der Waals surface area contributed by atoms with Crippen LogP contribution in [0.25, 0.3) is 0 Å². The van der Waals surface area contributed by atoms with E-state index in [1.165, 1.54) is 4.90 Å². The molecule has 0 radical (unpaired) electrons. The van der Waals surface area contributed by atoms with Crippen molar-refractivity contribution in [1.82, 2.24) is 4.90 Å². The molecule has 3 amide bonds. The van der Waals surface area contributed by atoms with E-state index in [4.69, 9.17) is 11.6 Å². The lowest BCUT2D eigenvalue weighted by molar-refractivity contribution is -0.147. The third-order valence-electron chi connectivity index (χ3n) is 8.45. The molecule has 2 heterocycles. The number of halogens is 1. The van der Waals surface area contributed by atoms with Crippen molar-refractivity contribution in [1.29, 1.82) is 0 Å². The van der Waals surface area contributed by atoms with Gasteiger partial charge in [0.15, 0.2) is 0 Å². The van der Waals surface area contributed by atoms with E-state index in [-0.39, 0.29) is 35.0 Å². The monoisotopic (exact) mass is 492 g/mol. The molecule has 0 N–H and O–H groups in total. The first-order valence-corrected chi connectivity index (χ1v) is 13.0. The van der Waals surface area contributed by atoms with Crippen LogP contribution in [0.2, 0.25) is 5.02 Å². The number of amides is 3. The van der Waals surface area contributed by atoms with E-state index in [2.05, 4.69) is 39.0 Å². The minimum Gasteiger partial charge on any atom is -0.305 e. The van der Waals surface area contributed by atoms with Crippen LogP contribution in [-0.2, 0) is 19.8 Å². The molecule has 0 aromatic heterocycles. The Kier molecular flexibility index (Phi) is 5.83. The maximum absolute atomic E-state index is 14.1. The van der Waals surface area contributed by atoms with Gasteiger partial charge in [0.1, 0.15) is 6.04 Å². The molecule has 4 atom stereocenters. The van der Waals surface area contributed by atoms with Gasteiger partial charge < -0.3 is 4.90 Å². The fraction of sp³-hybridized carbons (Fsp3) is 0.483. The third kappa shape index (κ3) is 3.70. The van der Waals surface area contributed by atoms with Crippen molar-refractivity contribution in [2.45, 2.75) is 76.8 Å². The molecule has 0 unspecified atom stereocenters. The predicted molar refractivity (Wildman–Crippen MR) is 137 cm³/mol. The summed E-state index contributed by atoms with van der Waals surface area (Å²) in [5.74, 6) is -1.08. The molecule has 1 saturated carbocycles. The fourth-order valence-corrected chi connectivity index (χ4v) is 6.99. The number of para-hydroxylation sites is 1. The smallest absolute Gasteiger partial charge is 0.250 e. The van der Waals surface area contributed by atoms with Gasteiger partial charge in [0.05, 0.1) is 11.8 Å². The molecule has 1 saturated heterocycles. The summed E-state index contributed by atoms with van der Waals surface area (Å²) in [4.78, 5) is 43.7. The predicted octanol–water partition coefficient (Wildman–Crippen LogP) is 5.73. The maximum Gasteiger partial charge on any atom is 0.250 e. The van der Waals surface area contributed by atoms with Crippen molar-refractivity contribution >= 4 is 35.0 Å². The van der Waals surface area contributed by atoms with E-state index < -0.39 is 11.6 Å². The van der Waals surface area contributed by atoms with E-state index in [1.54, 1.807) is 6.92 Å². The van der Waals surface area contributed by atoms with Gasteiger partial charge in [0, 0.05) is 21.7 Å². The first-order valence-electron chi connectivity index (χ1n) is 12.6. The summed E-state index contributed by atoms with van der Waals surface area (Å²) < 4.78 is 0. The van der Waals surface area contributed by atoms with Crippen LogP contribution in [0.15, 0.2) is 48.5 Å². The first kappa shape index (κ1) is 24.1. The molecule has 3 aliphatic rings. The lowest BCUT2D eigenvalue weighted by atomic mass is 9.65. The largest absolute Gasteiger partial charge is 0.305 e. The zero-order valence-corrected chi connectivity index (χ0v) is 21.6. The molecular formula is C29H33ClN2O3. The van der Waals surface area contributed by atoms with E-state index in [1.807, 2.05) is 35.2 Å². The Bertz CT molecular complexity index is 1170. The summed E-state index contributed by atoms with van der Waals surface area (Å²) in [6, 6.07) is 15.1. The first-order chi connectivity index (χ1) is 16.6. The van der Waals surface area contributed by atoms with Crippen molar-refractivity contribution in [2.75, 3.05) is 4.90 Å². The van der Waals surface area contributed by atoms with E-state index in [0.29, 0.717) is 11.4 Å². The number of carbonyl (C=O) groups is 3. The molecule has 5 nitrogen and oxygen atoms in total. The number of anilines is 1. The zero-order chi connectivity index (χ0) is 25.1. The number of benzene rings is 2. The van der Waals surface area contributed by atoms with Gasteiger partial charge in [-0.1, -0.05) is 61.7 Å². The molecule has 0 spiro atoms. The van der Waals surface area contributed by atoms with Crippen LogP contribution in [0.4, 0.5) is 5.69 Å². The number of carbonyl (C=O) groups excluding carboxylic acids is 3. The van der Waals surface area contributed by atoms with Crippen molar-refractivity contribution in [3.63, 3.8) is 0 Å². The summed E-state index contributed by atoms with van der Waals surface area (Å²) in [7, 11) is 0. The van der Waals surface area contributed by atoms with Crippen LogP contribution in [0.3, 0.4) is 0 Å². The molecule has 1 aliphatic carbocycles. The Morgan fingerprint density at radius 2 is 1.51 bits per heavy atom. The van der Waals surface area contributed by atoms with Gasteiger partial charge in [-0.05, 0) is 69.4 Å². The highest BCUT2D eigenvalue weighted by atomic mass is 35.5. The maximum atomic E-state index is 14.1. The van der Waals surface area contributed by atoms with E-state index in [9.17, 15) is 14.4 Å². The summed E-state index contributed by atoms with van der Waals surface area (Å²) in [5, 5.41) is 0.687. The highest BCUT2D eigenvalue weighted by Gasteiger charge is 2.54. The third-order valence-corrected chi connectivity index (χ3v) is 8.70. The molecular weight excluding hydrogens is 460 g/mol. The number of rotatable bonds is 3. The van der Waals surface area contributed by atoms with Gasteiger partial charge in [-0.2, -0.15) is 0 Å². The quantitative estimate of drug-likeness (QED) is 0.514. The Morgan fingerprint density at radius 3 is 2.11 bits per heavy atom. The van der Waals surface area contributed by atoms with Crippen LogP contribution >= 0.6 is 11.6 Å². The average molecular weight is 493 g/mol. The number of imide groups is 1. The number of nitrogens with zero attached hydrogens (tertiary/aromatic N) is 2. The second kappa shape index (κ2) is 8.48. The van der Waals surface area contributed by atoms with Gasteiger partial charge in [0.2, 0.25) is 11.8 Å². The second-order valence-electron chi connectivity index (χ2n) is 11.2. The Labute approximate surface area is 212 Å². The summed E-state index contributed by atoms with van der Waals surface area (Å²) in [5.41, 5.74) is 2.13. The highest BCUT2D eigenvalue weighted by Crippen LogP contribution is 2.51. The van der Waals surface area contributed by atoms with Crippen molar-refractivity contribution in [3.05, 3.63) is 64.7 Å². The molecule has 2 fully saturated rings. The Hall–Kier alpha value is -2.66. The molecule has 35 heavy (non-hydrogen) atoms. The molecule has 2 aromatic rings. The lowest BCUT2D eigenvalue weighted by Crippen LogP contribution is -2.60. The standard InChI is InChI=1S/C29H33ClN2O3/c1-18(31-26(34)21-9-5-6-10-22(21)27(31)35)25(33)32-24-12-8-7-11-23(24)29(4,17-28(32,2)3)19-13-15-20(30)16-14-19/h7-8,11-16,18,21-22H,5-6,9-10,17H2,1-4H3/t18-,21-,22+,29-/m1/s1. The topological polar surface area (TPSA) is 57.7 Å². The molecule has 2 aromatic carbocycles. The summed E-state index contributed by atoms with van der Waals surface area (Å²) in [6.45, 7) is 8.05. The van der Waals surface area contributed by atoms with Crippen LogP contribution in [-0.4, -0.2) is 34.2 Å².